The highest BCUT2D eigenvalue weighted by Gasteiger charge is 2.29. The van der Waals surface area contributed by atoms with E-state index in [2.05, 4.69) is 15.6 Å². The van der Waals surface area contributed by atoms with Crippen LogP contribution in [0.15, 0.2) is 9.05 Å². The molecule has 2 aromatic heterocycles. The minimum absolute atomic E-state index is 0.0720. The summed E-state index contributed by atoms with van der Waals surface area (Å²) in [6, 6.07) is -0.0998. The first kappa shape index (κ1) is 18.6. The van der Waals surface area contributed by atoms with Gasteiger partial charge in [-0.25, -0.2) is 0 Å². The molecular weight excluding hydrogens is 338 g/mol. The van der Waals surface area contributed by atoms with Gasteiger partial charge in [0.1, 0.15) is 17.6 Å². The lowest BCUT2D eigenvalue weighted by molar-refractivity contribution is -0.126. The van der Waals surface area contributed by atoms with Crippen molar-refractivity contribution in [2.45, 2.75) is 59.3 Å². The minimum Gasteiger partial charge on any atom is -0.379 e. The molecule has 1 N–H and O–H groups in total. The number of nitrogens with zero attached hydrogens (tertiary/aromatic N) is 2. The van der Waals surface area contributed by atoms with E-state index in [0.29, 0.717) is 32.0 Å². The first-order chi connectivity index (χ1) is 12.5. The summed E-state index contributed by atoms with van der Waals surface area (Å²) in [4.78, 5) is 12.5. The van der Waals surface area contributed by atoms with Crippen LogP contribution < -0.4 is 5.32 Å². The lowest BCUT2D eigenvalue weighted by Crippen LogP contribution is -2.50. The summed E-state index contributed by atoms with van der Waals surface area (Å²) in [5.74, 6) is 1.35. The maximum absolute atomic E-state index is 12.5. The van der Waals surface area contributed by atoms with E-state index < -0.39 is 0 Å². The van der Waals surface area contributed by atoms with Crippen molar-refractivity contribution in [1.82, 2.24) is 15.6 Å². The molecule has 3 heterocycles. The van der Waals surface area contributed by atoms with Crippen molar-refractivity contribution in [2.75, 3.05) is 13.2 Å². The Morgan fingerprint density at radius 2 is 1.77 bits per heavy atom. The predicted molar refractivity (Wildman–Crippen MR) is 91.6 cm³/mol. The van der Waals surface area contributed by atoms with E-state index in [1.54, 1.807) is 0 Å². The highest BCUT2D eigenvalue weighted by atomic mass is 16.5. The molecule has 0 bridgehead atoms. The molecule has 1 amide bonds. The zero-order chi connectivity index (χ0) is 18.7. The molecule has 1 aliphatic rings. The summed E-state index contributed by atoms with van der Waals surface area (Å²) >= 11 is 0. The third-order valence-corrected chi connectivity index (χ3v) is 4.79. The average Bonchev–Trinajstić information content (AvgIpc) is 3.10. The van der Waals surface area contributed by atoms with Crippen LogP contribution in [0.3, 0.4) is 0 Å². The van der Waals surface area contributed by atoms with Crippen LogP contribution >= 0.6 is 0 Å². The van der Waals surface area contributed by atoms with Crippen LogP contribution in [-0.4, -0.2) is 41.6 Å². The zero-order valence-corrected chi connectivity index (χ0v) is 15.6. The summed E-state index contributed by atoms with van der Waals surface area (Å²) in [7, 11) is 0. The number of rotatable bonds is 6. The summed E-state index contributed by atoms with van der Waals surface area (Å²) in [5.41, 5.74) is 3.34. The second-order valence-electron chi connectivity index (χ2n) is 6.67. The molecule has 8 nitrogen and oxygen atoms in total. The number of amides is 1. The second kappa shape index (κ2) is 8.01. The van der Waals surface area contributed by atoms with Gasteiger partial charge in [-0.05, 0) is 34.1 Å². The molecule has 0 saturated carbocycles. The number of carbonyl (C=O) groups is 1. The van der Waals surface area contributed by atoms with Crippen LogP contribution in [0.2, 0.25) is 0 Å². The van der Waals surface area contributed by atoms with Gasteiger partial charge in [-0.3, -0.25) is 4.79 Å². The molecule has 8 heteroatoms. The fourth-order valence-electron chi connectivity index (χ4n) is 3.11. The molecule has 0 radical (unpaired) electrons. The van der Waals surface area contributed by atoms with Crippen molar-refractivity contribution in [3.63, 3.8) is 0 Å². The van der Waals surface area contributed by atoms with Crippen molar-refractivity contribution in [1.29, 1.82) is 0 Å². The predicted octanol–water partition coefficient (Wildman–Crippen LogP) is 1.93. The SMILES string of the molecule is Cc1noc(C)c1CO[C@@H]1COCC[C@H]1NC(=O)Cc1c(C)noc1C. The lowest BCUT2D eigenvalue weighted by atomic mass is 10.0. The van der Waals surface area contributed by atoms with Crippen LogP contribution in [0.25, 0.3) is 0 Å². The van der Waals surface area contributed by atoms with E-state index in [1.807, 2.05) is 27.7 Å². The number of ether oxygens (including phenoxy) is 2. The Morgan fingerprint density at radius 3 is 2.38 bits per heavy atom. The van der Waals surface area contributed by atoms with E-state index in [9.17, 15) is 4.79 Å². The van der Waals surface area contributed by atoms with Crippen LogP contribution in [0.1, 0.15) is 40.5 Å². The lowest BCUT2D eigenvalue weighted by Gasteiger charge is -2.32. The fourth-order valence-corrected chi connectivity index (χ4v) is 3.11. The van der Waals surface area contributed by atoms with Gasteiger partial charge in [-0.15, -0.1) is 0 Å². The van der Waals surface area contributed by atoms with E-state index in [0.717, 1.165) is 28.3 Å². The second-order valence-corrected chi connectivity index (χ2v) is 6.67. The summed E-state index contributed by atoms with van der Waals surface area (Å²) in [5, 5.41) is 10.9. The van der Waals surface area contributed by atoms with E-state index >= 15 is 0 Å². The van der Waals surface area contributed by atoms with Crippen molar-refractivity contribution in [3.05, 3.63) is 34.0 Å². The average molecular weight is 363 g/mol. The van der Waals surface area contributed by atoms with Gasteiger partial charge in [0.15, 0.2) is 0 Å². The molecule has 0 unspecified atom stereocenters. The van der Waals surface area contributed by atoms with Crippen molar-refractivity contribution < 1.29 is 23.3 Å². The smallest absolute Gasteiger partial charge is 0.224 e. The Balaban J connectivity index is 1.59. The van der Waals surface area contributed by atoms with Crippen LogP contribution in [0, 0.1) is 27.7 Å². The van der Waals surface area contributed by atoms with E-state index in [-0.39, 0.29) is 24.5 Å². The largest absolute Gasteiger partial charge is 0.379 e. The highest BCUT2D eigenvalue weighted by Crippen LogP contribution is 2.19. The molecule has 26 heavy (non-hydrogen) atoms. The Hall–Kier alpha value is -2.19. The quantitative estimate of drug-likeness (QED) is 0.837. The monoisotopic (exact) mass is 363 g/mol. The molecule has 2 aromatic rings. The maximum atomic E-state index is 12.5. The van der Waals surface area contributed by atoms with Gasteiger partial charge < -0.3 is 23.8 Å². The van der Waals surface area contributed by atoms with Gasteiger partial charge in [0, 0.05) is 17.7 Å². The van der Waals surface area contributed by atoms with Crippen LogP contribution in [0.4, 0.5) is 0 Å². The number of nitrogens with one attached hydrogen (secondary N) is 1. The molecule has 1 aliphatic heterocycles. The third kappa shape index (κ3) is 4.13. The van der Waals surface area contributed by atoms with Gasteiger partial charge in [-0.1, -0.05) is 10.3 Å². The molecule has 2 atom stereocenters. The Labute approximate surface area is 152 Å². The van der Waals surface area contributed by atoms with E-state index in [1.165, 1.54) is 0 Å². The van der Waals surface area contributed by atoms with Crippen LogP contribution in [0.5, 0.6) is 0 Å². The molecule has 0 aromatic carbocycles. The van der Waals surface area contributed by atoms with Crippen molar-refractivity contribution in [3.8, 4) is 0 Å². The zero-order valence-electron chi connectivity index (χ0n) is 15.6. The van der Waals surface area contributed by atoms with Gasteiger partial charge in [0.2, 0.25) is 5.91 Å². The molecule has 142 valence electrons. The first-order valence-corrected chi connectivity index (χ1v) is 8.78. The van der Waals surface area contributed by atoms with Crippen LogP contribution in [-0.2, 0) is 27.3 Å². The minimum atomic E-state index is -0.217. The molecule has 1 fully saturated rings. The molecule has 0 aliphatic carbocycles. The molecule has 0 spiro atoms. The Kier molecular flexibility index (Phi) is 5.73. The summed E-state index contributed by atoms with van der Waals surface area (Å²) in [6.45, 7) is 8.82. The van der Waals surface area contributed by atoms with Crippen molar-refractivity contribution in [2.24, 2.45) is 0 Å². The molecule has 3 rings (SSSR count). The number of aryl methyl sites for hydroxylation is 4. The summed E-state index contributed by atoms with van der Waals surface area (Å²) in [6.07, 6.45) is 0.736. The molecular formula is C18H25N3O5. The summed E-state index contributed by atoms with van der Waals surface area (Å²) < 4.78 is 21.8. The number of hydrogen-bond acceptors (Lipinski definition) is 7. The number of hydrogen-bond donors (Lipinski definition) is 1. The van der Waals surface area contributed by atoms with Gasteiger partial charge in [0.05, 0.1) is 37.1 Å². The Bertz CT molecular complexity index is 728. The third-order valence-electron chi connectivity index (χ3n) is 4.79. The first-order valence-electron chi connectivity index (χ1n) is 8.78. The number of aromatic nitrogens is 2. The fraction of sp³-hybridized carbons (Fsp3) is 0.611. The topological polar surface area (TPSA) is 99.6 Å². The maximum Gasteiger partial charge on any atom is 0.224 e. The number of carbonyl (C=O) groups excluding carboxylic acids is 1. The van der Waals surface area contributed by atoms with Crippen molar-refractivity contribution >= 4 is 5.91 Å². The molecule has 1 saturated heterocycles. The highest BCUT2D eigenvalue weighted by molar-refractivity contribution is 5.79. The normalized spacial score (nSPS) is 20.3. The van der Waals surface area contributed by atoms with Gasteiger partial charge in [-0.2, -0.15) is 0 Å². The standard InChI is InChI=1S/C18H25N3O5/c1-10-14(12(3)25-20-10)7-18(22)19-16-5-6-23-9-17(16)24-8-15-11(2)21-26-13(15)4/h16-17H,5-9H2,1-4H3,(H,19,22)/t16-,17-/m1/s1. The van der Waals surface area contributed by atoms with Gasteiger partial charge >= 0.3 is 0 Å². The van der Waals surface area contributed by atoms with Gasteiger partial charge in [0.25, 0.3) is 0 Å². The van der Waals surface area contributed by atoms with E-state index in [4.69, 9.17) is 18.5 Å². The Morgan fingerprint density at radius 1 is 1.12 bits per heavy atom.